The van der Waals surface area contributed by atoms with Crippen molar-refractivity contribution in [1.82, 2.24) is 10.1 Å². The normalized spacial score (nSPS) is 28.2. The summed E-state index contributed by atoms with van der Waals surface area (Å²) in [4.78, 5) is 4.24. The quantitative estimate of drug-likeness (QED) is 0.749. The molecule has 2 unspecified atom stereocenters. The van der Waals surface area contributed by atoms with Crippen LogP contribution in [0.2, 0.25) is 0 Å². The van der Waals surface area contributed by atoms with E-state index in [4.69, 9.17) is 10.3 Å². The lowest BCUT2D eigenvalue weighted by Gasteiger charge is -2.01. The van der Waals surface area contributed by atoms with Crippen LogP contribution in [0.5, 0.6) is 0 Å². The molecule has 0 bridgehead atoms. The predicted molar refractivity (Wildman–Crippen MR) is 47.9 cm³/mol. The van der Waals surface area contributed by atoms with E-state index in [-0.39, 0.29) is 0 Å². The maximum Gasteiger partial charge on any atom is 0.240 e. The Morgan fingerprint density at radius 2 is 2.38 bits per heavy atom. The number of hydrogen-bond acceptors (Lipinski definition) is 4. The smallest absolute Gasteiger partial charge is 0.240 e. The lowest BCUT2D eigenvalue weighted by Crippen LogP contribution is -1.99. The Morgan fingerprint density at radius 3 is 2.92 bits per heavy atom. The van der Waals surface area contributed by atoms with E-state index in [1.165, 1.54) is 19.3 Å². The fourth-order valence-corrected chi connectivity index (χ4v) is 1.96. The van der Waals surface area contributed by atoms with E-state index < -0.39 is 0 Å². The molecule has 0 aliphatic heterocycles. The van der Waals surface area contributed by atoms with Gasteiger partial charge in [0.25, 0.3) is 0 Å². The zero-order valence-electron chi connectivity index (χ0n) is 7.86. The number of hydrogen-bond donors (Lipinski definition) is 1. The zero-order chi connectivity index (χ0) is 9.26. The van der Waals surface area contributed by atoms with Gasteiger partial charge in [0.2, 0.25) is 5.89 Å². The summed E-state index contributed by atoms with van der Waals surface area (Å²) in [6.45, 7) is 2.61. The van der Waals surface area contributed by atoms with Gasteiger partial charge in [-0.3, -0.25) is 0 Å². The second-order valence-electron chi connectivity index (χ2n) is 3.87. The summed E-state index contributed by atoms with van der Waals surface area (Å²) in [6.07, 6.45) is 3.64. The molecule has 1 aromatic rings. The Balaban J connectivity index is 2.08. The molecule has 0 aromatic carbocycles. The van der Waals surface area contributed by atoms with Crippen molar-refractivity contribution in [1.29, 1.82) is 0 Å². The molecule has 1 aromatic heterocycles. The molecule has 4 nitrogen and oxygen atoms in total. The van der Waals surface area contributed by atoms with Crippen LogP contribution in [-0.4, -0.2) is 10.1 Å². The van der Waals surface area contributed by atoms with Gasteiger partial charge in [-0.2, -0.15) is 4.98 Å². The highest BCUT2D eigenvalue weighted by Crippen LogP contribution is 2.36. The van der Waals surface area contributed by atoms with Gasteiger partial charge in [0.1, 0.15) is 0 Å². The van der Waals surface area contributed by atoms with E-state index in [1.807, 2.05) is 0 Å². The van der Waals surface area contributed by atoms with Gasteiger partial charge in [0.15, 0.2) is 5.82 Å². The van der Waals surface area contributed by atoms with Crippen molar-refractivity contribution in [3.8, 4) is 0 Å². The molecule has 0 amide bonds. The molecule has 13 heavy (non-hydrogen) atoms. The Hall–Kier alpha value is -0.900. The molecule has 1 saturated carbocycles. The average Bonchev–Trinajstić information content (AvgIpc) is 2.71. The largest absolute Gasteiger partial charge is 0.338 e. The number of nitrogens with two attached hydrogens (primary N) is 1. The standard InChI is InChI=1S/C9H15N3O/c1-6-2-3-7(4-6)9-11-8(5-10)13-12-9/h6-7H,2-5,10H2,1H3. The Morgan fingerprint density at radius 1 is 1.54 bits per heavy atom. The minimum Gasteiger partial charge on any atom is -0.338 e. The second-order valence-corrected chi connectivity index (χ2v) is 3.87. The minimum absolute atomic E-state index is 0.343. The van der Waals surface area contributed by atoms with Gasteiger partial charge in [-0.15, -0.1) is 0 Å². The van der Waals surface area contributed by atoms with E-state index >= 15 is 0 Å². The van der Waals surface area contributed by atoms with E-state index in [9.17, 15) is 0 Å². The predicted octanol–water partition coefficient (Wildman–Crippen LogP) is 1.43. The molecule has 4 heteroatoms. The lowest BCUT2D eigenvalue weighted by atomic mass is 10.1. The fourth-order valence-electron chi connectivity index (χ4n) is 1.96. The highest BCUT2D eigenvalue weighted by atomic mass is 16.5. The monoisotopic (exact) mass is 181 g/mol. The summed E-state index contributed by atoms with van der Waals surface area (Å²) in [7, 11) is 0. The van der Waals surface area contributed by atoms with Crippen LogP contribution in [0.25, 0.3) is 0 Å². The number of nitrogens with zero attached hydrogens (tertiary/aromatic N) is 2. The fraction of sp³-hybridized carbons (Fsp3) is 0.778. The third-order valence-electron chi connectivity index (χ3n) is 2.72. The van der Waals surface area contributed by atoms with Gasteiger partial charge in [-0.1, -0.05) is 12.1 Å². The van der Waals surface area contributed by atoms with E-state index in [2.05, 4.69) is 17.1 Å². The summed E-state index contributed by atoms with van der Waals surface area (Å²) >= 11 is 0. The second kappa shape index (κ2) is 3.46. The third-order valence-corrected chi connectivity index (χ3v) is 2.72. The summed E-state index contributed by atoms with van der Waals surface area (Å²) in [6, 6.07) is 0. The highest BCUT2D eigenvalue weighted by molar-refractivity contribution is 4.98. The Bertz CT molecular complexity index is 284. The van der Waals surface area contributed by atoms with Crippen LogP contribution in [0.1, 0.15) is 43.8 Å². The molecule has 2 atom stereocenters. The van der Waals surface area contributed by atoms with E-state index in [1.54, 1.807) is 0 Å². The maximum absolute atomic E-state index is 5.39. The summed E-state index contributed by atoms with van der Waals surface area (Å²) in [5.41, 5.74) is 5.39. The van der Waals surface area contributed by atoms with Crippen molar-refractivity contribution >= 4 is 0 Å². The summed E-state index contributed by atoms with van der Waals surface area (Å²) in [5, 5.41) is 3.94. The average molecular weight is 181 g/mol. The SMILES string of the molecule is CC1CCC(c2noc(CN)n2)C1. The first-order chi connectivity index (χ1) is 6.29. The van der Waals surface area contributed by atoms with Gasteiger partial charge in [0.05, 0.1) is 6.54 Å². The highest BCUT2D eigenvalue weighted by Gasteiger charge is 2.26. The molecule has 0 radical (unpaired) electrons. The van der Waals surface area contributed by atoms with Crippen LogP contribution < -0.4 is 5.73 Å². The molecule has 2 N–H and O–H groups in total. The molecular formula is C9H15N3O. The van der Waals surface area contributed by atoms with Crippen LogP contribution >= 0.6 is 0 Å². The molecule has 72 valence electrons. The van der Waals surface area contributed by atoms with E-state index in [0.717, 1.165) is 11.7 Å². The maximum atomic E-state index is 5.39. The topological polar surface area (TPSA) is 64.9 Å². The van der Waals surface area contributed by atoms with Crippen LogP contribution in [0.4, 0.5) is 0 Å². The number of aromatic nitrogens is 2. The molecule has 2 rings (SSSR count). The van der Waals surface area contributed by atoms with Crippen LogP contribution in [0, 0.1) is 5.92 Å². The third kappa shape index (κ3) is 1.72. The number of rotatable bonds is 2. The van der Waals surface area contributed by atoms with Crippen LogP contribution in [0.15, 0.2) is 4.52 Å². The van der Waals surface area contributed by atoms with Gasteiger partial charge < -0.3 is 10.3 Å². The zero-order valence-corrected chi connectivity index (χ0v) is 7.86. The first-order valence-electron chi connectivity index (χ1n) is 4.82. The van der Waals surface area contributed by atoms with Gasteiger partial charge >= 0.3 is 0 Å². The van der Waals surface area contributed by atoms with Gasteiger partial charge in [-0.05, 0) is 25.2 Å². The van der Waals surface area contributed by atoms with Gasteiger partial charge in [0, 0.05) is 5.92 Å². The molecule has 1 fully saturated rings. The first kappa shape index (κ1) is 8.69. The molecule has 1 heterocycles. The van der Waals surface area contributed by atoms with Crippen molar-refractivity contribution in [3.05, 3.63) is 11.7 Å². The first-order valence-corrected chi connectivity index (χ1v) is 4.82. The molecule has 1 aliphatic rings. The molecule has 0 saturated heterocycles. The summed E-state index contributed by atoms with van der Waals surface area (Å²) < 4.78 is 4.98. The van der Waals surface area contributed by atoms with E-state index in [0.29, 0.717) is 18.4 Å². The van der Waals surface area contributed by atoms with Crippen LogP contribution in [-0.2, 0) is 6.54 Å². The van der Waals surface area contributed by atoms with Gasteiger partial charge in [-0.25, -0.2) is 0 Å². The molecule has 1 aliphatic carbocycles. The Kier molecular flexibility index (Phi) is 2.31. The van der Waals surface area contributed by atoms with Crippen LogP contribution in [0.3, 0.4) is 0 Å². The summed E-state index contributed by atoms with van der Waals surface area (Å²) in [5.74, 6) is 2.70. The van der Waals surface area contributed by atoms with Crippen molar-refractivity contribution in [2.75, 3.05) is 0 Å². The minimum atomic E-state index is 0.343. The Labute approximate surface area is 77.5 Å². The van der Waals surface area contributed by atoms with Crippen molar-refractivity contribution < 1.29 is 4.52 Å². The van der Waals surface area contributed by atoms with Crippen molar-refractivity contribution in [2.24, 2.45) is 11.7 Å². The molecule has 0 spiro atoms. The lowest BCUT2D eigenvalue weighted by molar-refractivity contribution is 0.370. The van der Waals surface area contributed by atoms with Crippen molar-refractivity contribution in [3.63, 3.8) is 0 Å². The molecular weight excluding hydrogens is 166 g/mol. The van der Waals surface area contributed by atoms with Crippen molar-refractivity contribution in [2.45, 2.75) is 38.6 Å².